The van der Waals surface area contributed by atoms with Crippen molar-refractivity contribution in [3.05, 3.63) is 77.1 Å². The molecule has 0 radical (unpaired) electrons. The van der Waals surface area contributed by atoms with Crippen LogP contribution >= 0.6 is 11.6 Å². The molecule has 3 aromatic rings. The molecule has 0 N–H and O–H groups in total. The number of hydrogen-bond acceptors (Lipinski definition) is 4. The molecule has 1 amide bonds. The molecule has 1 fully saturated rings. The summed E-state index contributed by atoms with van der Waals surface area (Å²) in [5.74, 6) is 1.12. The van der Waals surface area contributed by atoms with Crippen LogP contribution < -0.4 is 4.90 Å². The largest absolute Gasteiger partial charge is 0.341 e. The minimum atomic E-state index is 0.0925. The molecule has 2 aromatic carbocycles. The standard InChI is InChI=1S/C25H25ClN4O/c26-23-7-5-19(6-8-23)22-15-27-25(28-16-22)29-12-10-20(11-13-29)24(31)30-14-9-18-3-1-2-4-21(18)17-30/h1-8,15-16,20H,9-14,17H2. The number of carbonyl (C=O) groups is 1. The Morgan fingerprint density at radius 3 is 2.26 bits per heavy atom. The first-order chi connectivity index (χ1) is 15.2. The van der Waals surface area contributed by atoms with Gasteiger partial charge in [-0.15, -0.1) is 0 Å². The molecule has 0 unspecified atom stereocenters. The van der Waals surface area contributed by atoms with E-state index >= 15 is 0 Å². The van der Waals surface area contributed by atoms with Crippen molar-refractivity contribution in [2.75, 3.05) is 24.5 Å². The Hall–Kier alpha value is -2.92. The highest BCUT2D eigenvalue weighted by molar-refractivity contribution is 6.30. The number of nitrogens with zero attached hydrogens (tertiary/aromatic N) is 4. The van der Waals surface area contributed by atoms with Crippen LogP contribution in [0.25, 0.3) is 11.1 Å². The van der Waals surface area contributed by atoms with E-state index in [0.717, 1.165) is 62.5 Å². The number of piperidine rings is 1. The Balaban J connectivity index is 1.19. The average Bonchev–Trinajstić information content (AvgIpc) is 2.84. The second-order valence-corrected chi connectivity index (χ2v) is 8.75. The molecule has 1 aromatic heterocycles. The lowest BCUT2D eigenvalue weighted by Gasteiger charge is -2.36. The normalized spacial score (nSPS) is 16.8. The summed E-state index contributed by atoms with van der Waals surface area (Å²) in [4.78, 5) is 26.5. The maximum absolute atomic E-state index is 13.1. The van der Waals surface area contributed by atoms with Crippen molar-refractivity contribution in [1.82, 2.24) is 14.9 Å². The van der Waals surface area contributed by atoms with E-state index in [1.54, 1.807) is 0 Å². The van der Waals surface area contributed by atoms with Crippen molar-refractivity contribution in [2.24, 2.45) is 5.92 Å². The molecule has 2 aliphatic rings. The van der Waals surface area contributed by atoms with Crippen molar-refractivity contribution < 1.29 is 4.79 Å². The van der Waals surface area contributed by atoms with Gasteiger partial charge < -0.3 is 9.80 Å². The molecular weight excluding hydrogens is 408 g/mol. The highest BCUT2D eigenvalue weighted by Gasteiger charge is 2.30. The minimum absolute atomic E-state index is 0.0925. The van der Waals surface area contributed by atoms with E-state index in [-0.39, 0.29) is 5.92 Å². The number of rotatable bonds is 3. The van der Waals surface area contributed by atoms with Crippen LogP contribution in [0.4, 0.5) is 5.95 Å². The molecule has 1 saturated heterocycles. The third kappa shape index (κ3) is 4.28. The van der Waals surface area contributed by atoms with Crippen LogP contribution in [0.2, 0.25) is 5.02 Å². The lowest BCUT2D eigenvalue weighted by molar-refractivity contribution is -0.137. The molecule has 0 bridgehead atoms. The highest BCUT2D eigenvalue weighted by atomic mass is 35.5. The summed E-state index contributed by atoms with van der Waals surface area (Å²) in [5.41, 5.74) is 4.67. The van der Waals surface area contributed by atoms with E-state index in [9.17, 15) is 4.79 Å². The number of halogens is 1. The maximum atomic E-state index is 13.1. The first kappa shape index (κ1) is 20.0. The van der Waals surface area contributed by atoms with Gasteiger partial charge in [0.05, 0.1) is 0 Å². The third-order valence-electron chi connectivity index (χ3n) is 6.39. The lowest BCUT2D eigenvalue weighted by atomic mass is 9.93. The number of benzene rings is 2. The number of aromatic nitrogens is 2. The third-order valence-corrected chi connectivity index (χ3v) is 6.64. The van der Waals surface area contributed by atoms with E-state index < -0.39 is 0 Å². The summed E-state index contributed by atoms with van der Waals surface area (Å²) < 4.78 is 0. The van der Waals surface area contributed by atoms with Gasteiger partial charge in [0.1, 0.15) is 0 Å². The zero-order valence-corrected chi connectivity index (χ0v) is 18.1. The van der Waals surface area contributed by atoms with Crippen molar-refractivity contribution in [1.29, 1.82) is 0 Å². The van der Waals surface area contributed by atoms with Gasteiger partial charge in [-0.1, -0.05) is 48.0 Å². The Morgan fingerprint density at radius 1 is 0.871 bits per heavy atom. The van der Waals surface area contributed by atoms with Gasteiger partial charge in [-0.25, -0.2) is 9.97 Å². The molecule has 3 heterocycles. The molecule has 158 valence electrons. The summed E-state index contributed by atoms with van der Waals surface area (Å²) >= 11 is 5.97. The molecule has 0 aliphatic carbocycles. The van der Waals surface area contributed by atoms with Crippen LogP contribution in [-0.2, 0) is 17.8 Å². The highest BCUT2D eigenvalue weighted by Crippen LogP contribution is 2.27. The number of carbonyl (C=O) groups excluding carboxylic acids is 1. The number of fused-ring (bicyclic) bond motifs is 1. The number of amides is 1. The van der Waals surface area contributed by atoms with Gasteiger partial charge in [-0.05, 0) is 48.1 Å². The van der Waals surface area contributed by atoms with Gasteiger partial charge in [0.2, 0.25) is 11.9 Å². The van der Waals surface area contributed by atoms with Crippen LogP contribution in [0.15, 0.2) is 60.9 Å². The monoisotopic (exact) mass is 432 g/mol. The van der Waals surface area contributed by atoms with Gasteiger partial charge in [0.25, 0.3) is 0 Å². The van der Waals surface area contributed by atoms with Gasteiger partial charge >= 0.3 is 0 Å². The number of anilines is 1. The second-order valence-electron chi connectivity index (χ2n) is 8.32. The molecule has 0 atom stereocenters. The molecular formula is C25H25ClN4O. The van der Waals surface area contributed by atoms with E-state index in [0.29, 0.717) is 10.9 Å². The summed E-state index contributed by atoms with van der Waals surface area (Å²) in [6.07, 6.45) is 6.36. The van der Waals surface area contributed by atoms with Crippen molar-refractivity contribution in [2.45, 2.75) is 25.8 Å². The fraction of sp³-hybridized carbons (Fsp3) is 0.320. The molecule has 0 saturated carbocycles. The Kier molecular flexibility index (Phi) is 5.60. The molecule has 2 aliphatic heterocycles. The minimum Gasteiger partial charge on any atom is -0.341 e. The first-order valence-electron chi connectivity index (χ1n) is 10.9. The molecule has 0 spiro atoms. The topological polar surface area (TPSA) is 49.3 Å². The van der Waals surface area contributed by atoms with Gasteiger partial charge in [0, 0.05) is 55.1 Å². The van der Waals surface area contributed by atoms with Gasteiger partial charge in [-0.3, -0.25) is 4.79 Å². The molecule has 5 nitrogen and oxygen atoms in total. The summed E-state index contributed by atoms with van der Waals surface area (Å²) in [7, 11) is 0. The summed E-state index contributed by atoms with van der Waals surface area (Å²) in [5, 5.41) is 0.715. The van der Waals surface area contributed by atoms with E-state index in [2.05, 4.69) is 39.1 Å². The Morgan fingerprint density at radius 2 is 1.55 bits per heavy atom. The number of hydrogen-bond donors (Lipinski definition) is 0. The fourth-order valence-corrected chi connectivity index (χ4v) is 4.67. The maximum Gasteiger partial charge on any atom is 0.226 e. The molecule has 31 heavy (non-hydrogen) atoms. The van der Waals surface area contributed by atoms with Crippen molar-refractivity contribution in [3.63, 3.8) is 0 Å². The van der Waals surface area contributed by atoms with Crippen LogP contribution in [-0.4, -0.2) is 40.4 Å². The van der Waals surface area contributed by atoms with Crippen LogP contribution in [0.1, 0.15) is 24.0 Å². The van der Waals surface area contributed by atoms with E-state index in [1.165, 1.54) is 11.1 Å². The average molecular weight is 433 g/mol. The Bertz CT molecular complexity index is 1060. The molecule has 6 heteroatoms. The van der Waals surface area contributed by atoms with Gasteiger partial charge in [0.15, 0.2) is 0 Å². The summed E-state index contributed by atoms with van der Waals surface area (Å²) in [6, 6.07) is 16.1. The van der Waals surface area contributed by atoms with E-state index in [4.69, 9.17) is 11.6 Å². The van der Waals surface area contributed by atoms with E-state index in [1.807, 2.05) is 41.6 Å². The van der Waals surface area contributed by atoms with Crippen molar-refractivity contribution in [3.8, 4) is 11.1 Å². The second kappa shape index (κ2) is 8.67. The predicted molar refractivity (Wildman–Crippen MR) is 123 cm³/mol. The molecule has 5 rings (SSSR count). The quantitative estimate of drug-likeness (QED) is 0.607. The van der Waals surface area contributed by atoms with Crippen LogP contribution in [0.3, 0.4) is 0 Å². The van der Waals surface area contributed by atoms with Crippen molar-refractivity contribution >= 4 is 23.5 Å². The summed E-state index contributed by atoms with van der Waals surface area (Å²) in [6.45, 7) is 3.18. The predicted octanol–water partition coefficient (Wildman–Crippen LogP) is 4.60. The fourth-order valence-electron chi connectivity index (χ4n) is 4.54. The first-order valence-corrected chi connectivity index (χ1v) is 11.2. The van der Waals surface area contributed by atoms with Crippen LogP contribution in [0.5, 0.6) is 0 Å². The smallest absolute Gasteiger partial charge is 0.226 e. The lowest BCUT2D eigenvalue weighted by Crippen LogP contribution is -2.44. The SMILES string of the molecule is O=C(C1CCN(c2ncc(-c3ccc(Cl)cc3)cn2)CC1)N1CCc2ccccc2C1. The van der Waals surface area contributed by atoms with Crippen LogP contribution in [0, 0.1) is 5.92 Å². The zero-order chi connectivity index (χ0) is 21.2. The zero-order valence-electron chi connectivity index (χ0n) is 17.4. The Labute approximate surface area is 187 Å². The van der Waals surface area contributed by atoms with Gasteiger partial charge in [-0.2, -0.15) is 0 Å².